The molecule has 1 saturated heterocycles. The third-order valence-electron chi connectivity index (χ3n) is 6.42. The third-order valence-corrected chi connectivity index (χ3v) is 6.42. The lowest BCUT2D eigenvalue weighted by atomic mass is 10.1. The molecule has 35 heavy (non-hydrogen) atoms. The predicted molar refractivity (Wildman–Crippen MR) is 132 cm³/mol. The van der Waals surface area contributed by atoms with Gasteiger partial charge in [0, 0.05) is 49.9 Å². The average molecular weight is 473 g/mol. The number of hydrogen-bond donors (Lipinski definition) is 1. The van der Waals surface area contributed by atoms with Crippen LogP contribution in [0.5, 0.6) is 5.75 Å². The highest BCUT2D eigenvalue weighted by molar-refractivity contribution is 5.90. The Labute approximate surface area is 201 Å². The van der Waals surface area contributed by atoms with E-state index in [1.807, 2.05) is 36.4 Å². The maximum Gasteiger partial charge on any atom is 0.258 e. The number of fused-ring (bicyclic) bond motifs is 2. The van der Waals surface area contributed by atoms with Gasteiger partial charge < -0.3 is 14.2 Å². The molecule has 0 spiro atoms. The summed E-state index contributed by atoms with van der Waals surface area (Å²) in [5.74, 6) is 1.46. The number of nitrogens with zero attached hydrogens (tertiary/aromatic N) is 5. The van der Waals surface area contributed by atoms with E-state index >= 15 is 0 Å². The Morgan fingerprint density at radius 2 is 1.91 bits per heavy atom. The molecule has 3 aromatic heterocycles. The monoisotopic (exact) mass is 472 g/mol. The van der Waals surface area contributed by atoms with Crippen LogP contribution in [-0.2, 0) is 0 Å². The number of rotatable bonds is 7. The summed E-state index contributed by atoms with van der Waals surface area (Å²) in [6.45, 7) is 5.30. The summed E-state index contributed by atoms with van der Waals surface area (Å²) in [4.78, 5) is 8.91. The molecule has 1 N–H and O–H groups in total. The number of nitrogens with one attached hydrogen (secondary N) is 1. The van der Waals surface area contributed by atoms with Crippen LogP contribution < -0.4 is 9.64 Å². The van der Waals surface area contributed by atoms with Gasteiger partial charge in [0.25, 0.3) is 5.71 Å². The molecule has 0 amide bonds. The van der Waals surface area contributed by atoms with Crippen molar-refractivity contribution in [2.45, 2.75) is 6.42 Å². The Hall–Kier alpha value is -3.98. The van der Waals surface area contributed by atoms with Gasteiger partial charge in [0.05, 0.1) is 17.5 Å². The predicted octanol–water partition coefficient (Wildman–Crippen LogP) is 4.50. The lowest BCUT2D eigenvalue weighted by Gasteiger charge is -2.35. The van der Waals surface area contributed by atoms with E-state index in [1.54, 1.807) is 12.3 Å². The molecule has 0 bridgehead atoms. The molecule has 0 atom stereocenters. The van der Waals surface area contributed by atoms with Gasteiger partial charge in [-0.2, -0.15) is 5.10 Å². The molecule has 6 rings (SSSR count). The summed E-state index contributed by atoms with van der Waals surface area (Å²) in [7, 11) is 0. The molecular weight excluding hydrogens is 447 g/mol. The summed E-state index contributed by atoms with van der Waals surface area (Å²) >= 11 is 0. The van der Waals surface area contributed by atoms with E-state index in [1.165, 1.54) is 12.1 Å². The fraction of sp³-hybridized carbons (Fsp3) is 0.269. The molecule has 1 fully saturated rings. The lowest BCUT2D eigenvalue weighted by Crippen LogP contribution is -2.47. The zero-order valence-electron chi connectivity index (χ0n) is 19.2. The fourth-order valence-electron chi connectivity index (χ4n) is 4.60. The second kappa shape index (κ2) is 9.34. The van der Waals surface area contributed by atoms with Gasteiger partial charge >= 0.3 is 0 Å². The molecule has 9 heteroatoms. The van der Waals surface area contributed by atoms with Crippen LogP contribution in [0.25, 0.3) is 33.3 Å². The minimum Gasteiger partial charge on any atom is -0.494 e. The van der Waals surface area contributed by atoms with E-state index in [4.69, 9.17) is 9.26 Å². The number of anilines is 1. The summed E-state index contributed by atoms with van der Waals surface area (Å²) in [5.41, 5.74) is 2.98. The van der Waals surface area contributed by atoms with Crippen molar-refractivity contribution in [1.29, 1.82) is 0 Å². The van der Waals surface area contributed by atoms with Gasteiger partial charge in [0.1, 0.15) is 17.3 Å². The Morgan fingerprint density at radius 1 is 1.00 bits per heavy atom. The first kappa shape index (κ1) is 21.5. The van der Waals surface area contributed by atoms with Gasteiger partial charge in [0.2, 0.25) is 0 Å². The number of pyridine rings is 1. The van der Waals surface area contributed by atoms with Gasteiger partial charge in [-0.05, 0) is 48.9 Å². The molecule has 178 valence electrons. The second-order valence-corrected chi connectivity index (χ2v) is 8.68. The van der Waals surface area contributed by atoms with Gasteiger partial charge in [-0.3, -0.25) is 10.00 Å². The molecule has 0 aliphatic carbocycles. The molecule has 1 aliphatic heterocycles. The molecule has 2 aromatic carbocycles. The maximum absolute atomic E-state index is 13.4. The number of benzene rings is 2. The van der Waals surface area contributed by atoms with Crippen LogP contribution in [0.2, 0.25) is 0 Å². The number of aromatic amines is 1. The minimum absolute atomic E-state index is 0.254. The molecule has 1 aliphatic rings. The van der Waals surface area contributed by atoms with Crippen molar-refractivity contribution >= 4 is 27.8 Å². The molecule has 4 heterocycles. The normalized spacial score (nSPS) is 14.7. The van der Waals surface area contributed by atoms with Crippen LogP contribution in [0.4, 0.5) is 10.2 Å². The van der Waals surface area contributed by atoms with Crippen molar-refractivity contribution in [3.8, 4) is 17.0 Å². The number of hydrogen-bond acceptors (Lipinski definition) is 7. The maximum atomic E-state index is 13.4. The zero-order valence-corrected chi connectivity index (χ0v) is 19.2. The van der Waals surface area contributed by atoms with Crippen molar-refractivity contribution in [1.82, 2.24) is 25.2 Å². The van der Waals surface area contributed by atoms with Crippen molar-refractivity contribution < 1.29 is 13.7 Å². The molecule has 0 unspecified atom stereocenters. The van der Waals surface area contributed by atoms with Gasteiger partial charge in [-0.1, -0.05) is 17.3 Å². The van der Waals surface area contributed by atoms with Crippen molar-refractivity contribution in [2.75, 3.05) is 44.2 Å². The highest BCUT2D eigenvalue weighted by Gasteiger charge is 2.20. The Bertz CT molecular complexity index is 1460. The van der Waals surface area contributed by atoms with Crippen molar-refractivity contribution in [3.05, 3.63) is 66.6 Å². The highest BCUT2D eigenvalue weighted by atomic mass is 19.1. The Kier molecular flexibility index (Phi) is 5.75. The van der Waals surface area contributed by atoms with Crippen LogP contribution in [0.15, 0.2) is 65.3 Å². The molecule has 5 aromatic rings. The smallest absolute Gasteiger partial charge is 0.258 e. The van der Waals surface area contributed by atoms with E-state index in [-0.39, 0.29) is 5.82 Å². The van der Waals surface area contributed by atoms with Crippen molar-refractivity contribution in [2.24, 2.45) is 0 Å². The van der Waals surface area contributed by atoms with E-state index in [0.29, 0.717) is 12.3 Å². The van der Waals surface area contributed by atoms with Crippen LogP contribution in [0.1, 0.15) is 6.42 Å². The quantitative estimate of drug-likeness (QED) is 0.349. The molecular formula is C26H25FN6O2. The summed E-state index contributed by atoms with van der Waals surface area (Å²) in [6, 6.07) is 16.5. The lowest BCUT2D eigenvalue weighted by molar-refractivity contribution is 0.224. The molecule has 0 saturated carbocycles. The number of aromatic nitrogens is 4. The number of H-pyrrole nitrogens is 1. The van der Waals surface area contributed by atoms with Gasteiger partial charge in [-0.25, -0.2) is 9.37 Å². The van der Waals surface area contributed by atoms with Crippen LogP contribution in [0, 0.1) is 5.82 Å². The minimum atomic E-state index is -0.254. The number of halogens is 1. The standard InChI is InChI=1S/C26H25FN6O2/c27-19-7-8-21-23(17-19)29-30-25(21)33-13-11-32(12-14-33)10-3-15-34-20-5-1-4-18(16-20)24-22-6-2-9-28-26(22)35-31-24/h1-2,4-9,16-17H,3,10-15H2,(H,29,30). The first-order valence-corrected chi connectivity index (χ1v) is 11.8. The van der Waals surface area contributed by atoms with Crippen LogP contribution in [0.3, 0.4) is 0 Å². The first-order valence-electron chi connectivity index (χ1n) is 11.8. The second-order valence-electron chi connectivity index (χ2n) is 8.68. The van der Waals surface area contributed by atoms with Gasteiger partial charge in [0.15, 0.2) is 5.82 Å². The van der Waals surface area contributed by atoms with Crippen molar-refractivity contribution in [3.63, 3.8) is 0 Å². The summed E-state index contributed by atoms with van der Waals surface area (Å²) in [5, 5.41) is 13.4. The van der Waals surface area contributed by atoms with Crippen LogP contribution in [-0.4, -0.2) is 64.6 Å². The topological polar surface area (TPSA) is 83.3 Å². The van der Waals surface area contributed by atoms with Crippen LogP contribution >= 0.6 is 0 Å². The SMILES string of the molecule is Fc1ccc2c(N3CCN(CCCOc4cccc(-c5noc6ncccc56)c4)CC3)n[nH]c2c1. The number of piperazine rings is 1. The average Bonchev–Trinajstić information content (AvgIpc) is 3.51. The Balaban J connectivity index is 0.998. The third kappa shape index (κ3) is 4.42. The Morgan fingerprint density at radius 3 is 2.83 bits per heavy atom. The molecule has 0 radical (unpaired) electrons. The first-order chi connectivity index (χ1) is 17.2. The summed E-state index contributed by atoms with van der Waals surface area (Å²) in [6.07, 6.45) is 2.63. The summed E-state index contributed by atoms with van der Waals surface area (Å²) < 4.78 is 24.8. The van der Waals surface area contributed by atoms with E-state index in [0.717, 1.165) is 78.3 Å². The number of ether oxygens (including phenoxy) is 1. The fourth-order valence-corrected chi connectivity index (χ4v) is 4.60. The highest BCUT2D eigenvalue weighted by Crippen LogP contribution is 2.29. The van der Waals surface area contributed by atoms with E-state index in [2.05, 4.69) is 30.1 Å². The van der Waals surface area contributed by atoms with Gasteiger partial charge in [-0.15, -0.1) is 0 Å². The molecule has 8 nitrogen and oxygen atoms in total. The largest absolute Gasteiger partial charge is 0.494 e. The van der Waals surface area contributed by atoms with E-state index < -0.39 is 0 Å². The van der Waals surface area contributed by atoms with E-state index in [9.17, 15) is 4.39 Å². The zero-order chi connectivity index (χ0) is 23.6.